The van der Waals surface area contributed by atoms with Crippen molar-refractivity contribution in [2.24, 2.45) is 5.73 Å². The normalized spacial score (nSPS) is 10.7. The third kappa shape index (κ3) is 5.37. The van der Waals surface area contributed by atoms with E-state index in [0.717, 1.165) is 29.9 Å². The van der Waals surface area contributed by atoms with E-state index in [1.54, 1.807) is 0 Å². The van der Waals surface area contributed by atoms with E-state index in [-0.39, 0.29) is 18.3 Å². The molecule has 0 atom stereocenters. The van der Waals surface area contributed by atoms with Gasteiger partial charge in [-0.3, -0.25) is 9.69 Å². The van der Waals surface area contributed by atoms with Crippen LogP contribution in [0.15, 0.2) is 24.3 Å². The first-order valence-corrected chi connectivity index (χ1v) is 8.21. The van der Waals surface area contributed by atoms with Crippen molar-refractivity contribution in [1.82, 2.24) is 14.9 Å². The molecule has 0 aliphatic carbocycles. The minimum Gasteiger partial charge on any atom is -0.369 e. The van der Waals surface area contributed by atoms with Crippen molar-refractivity contribution in [3.63, 3.8) is 0 Å². The average molecular weight is 337 g/mol. The summed E-state index contributed by atoms with van der Waals surface area (Å²) in [5.41, 5.74) is 10.2. The van der Waals surface area contributed by atoms with E-state index in [0.29, 0.717) is 6.42 Å². The van der Waals surface area contributed by atoms with Gasteiger partial charge in [0.2, 0.25) is 11.7 Å². The zero-order valence-electron chi connectivity index (χ0n) is 14.9. The predicted octanol–water partition coefficient (Wildman–Crippen LogP) is 1.98. The van der Waals surface area contributed by atoms with E-state index in [9.17, 15) is 10.1 Å². The number of benzene rings is 1. The van der Waals surface area contributed by atoms with Gasteiger partial charge in [-0.15, -0.1) is 0 Å². The summed E-state index contributed by atoms with van der Waals surface area (Å²) in [6, 6.07) is 10.1. The maximum absolute atomic E-state index is 10.9. The molecule has 6 heteroatoms. The molecule has 25 heavy (non-hydrogen) atoms. The third-order valence-corrected chi connectivity index (χ3v) is 4.08. The summed E-state index contributed by atoms with van der Waals surface area (Å²) in [7, 11) is 1.85. The average Bonchev–Trinajstić information content (AvgIpc) is 2.56. The molecule has 0 bridgehead atoms. The van der Waals surface area contributed by atoms with Crippen molar-refractivity contribution in [1.29, 1.82) is 5.26 Å². The standard InChI is InChI=1S/C19H23N5O/c1-13-6-7-15(9-14(13)2)17-10-16(22-19(11-20)23-17)5-4-8-24(3)12-18(21)25/h6-7,9-10H,4-5,8,12H2,1-3H3,(H2,21,25). The second-order valence-corrected chi connectivity index (χ2v) is 6.29. The van der Waals surface area contributed by atoms with Crippen LogP contribution in [-0.2, 0) is 11.2 Å². The minimum atomic E-state index is -0.340. The van der Waals surface area contributed by atoms with Crippen molar-refractivity contribution in [2.45, 2.75) is 26.7 Å². The minimum absolute atomic E-state index is 0.177. The van der Waals surface area contributed by atoms with E-state index < -0.39 is 0 Å². The molecule has 2 N–H and O–H groups in total. The highest BCUT2D eigenvalue weighted by Crippen LogP contribution is 2.21. The lowest BCUT2D eigenvalue weighted by Crippen LogP contribution is -2.31. The number of carbonyl (C=O) groups excluding carboxylic acids is 1. The first-order valence-electron chi connectivity index (χ1n) is 8.21. The van der Waals surface area contributed by atoms with Gasteiger partial charge in [0.25, 0.3) is 0 Å². The summed E-state index contributed by atoms with van der Waals surface area (Å²) in [6.45, 7) is 5.09. The molecule has 0 radical (unpaired) electrons. The molecule has 0 fully saturated rings. The molecule has 1 aromatic carbocycles. The van der Waals surface area contributed by atoms with Crippen molar-refractivity contribution in [3.8, 4) is 17.3 Å². The molecule has 2 rings (SSSR count). The number of hydrogen-bond donors (Lipinski definition) is 1. The number of likely N-dealkylation sites (N-methyl/N-ethyl adjacent to an activating group) is 1. The predicted molar refractivity (Wildman–Crippen MR) is 96.7 cm³/mol. The Labute approximate surface area is 148 Å². The van der Waals surface area contributed by atoms with Gasteiger partial charge in [0.15, 0.2) is 0 Å². The number of nitriles is 1. The Morgan fingerprint density at radius 2 is 2.00 bits per heavy atom. The molecule has 130 valence electrons. The zero-order chi connectivity index (χ0) is 18.4. The molecular formula is C19H23N5O. The number of aromatic nitrogens is 2. The monoisotopic (exact) mass is 337 g/mol. The van der Waals surface area contributed by atoms with Gasteiger partial charge in [-0.25, -0.2) is 9.97 Å². The molecule has 0 unspecified atom stereocenters. The van der Waals surface area contributed by atoms with Gasteiger partial charge in [0.1, 0.15) is 6.07 Å². The van der Waals surface area contributed by atoms with E-state index in [1.165, 1.54) is 11.1 Å². The number of primary amides is 1. The molecular weight excluding hydrogens is 314 g/mol. The maximum Gasteiger partial charge on any atom is 0.232 e. The van der Waals surface area contributed by atoms with Gasteiger partial charge < -0.3 is 5.73 Å². The fourth-order valence-electron chi connectivity index (χ4n) is 2.60. The van der Waals surface area contributed by atoms with Crippen LogP contribution in [0.2, 0.25) is 0 Å². The number of rotatable bonds is 7. The van der Waals surface area contributed by atoms with Crippen LogP contribution in [0, 0.1) is 25.2 Å². The Morgan fingerprint density at radius 3 is 2.64 bits per heavy atom. The molecule has 0 aliphatic rings. The fourth-order valence-corrected chi connectivity index (χ4v) is 2.60. The highest BCUT2D eigenvalue weighted by atomic mass is 16.1. The molecule has 6 nitrogen and oxygen atoms in total. The number of aryl methyl sites for hydroxylation is 3. The Hall–Kier alpha value is -2.78. The SMILES string of the molecule is Cc1ccc(-c2cc(CCCN(C)CC(N)=O)nc(C#N)n2)cc1C. The van der Waals surface area contributed by atoms with Gasteiger partial charge in [-0.2, -0.15) is 5.26 Å². The summed E-state index contributed by atoms with van der Waals surface area (Å²) in [4.78, 5) is 21.4. The van der Waals surface area contributed by atoms with Gasteiger partial charge in [0.05, 0.1) is 12.2 Å². The van der Waals surface area contributed by atoms with Crippen LogP contribution in [0.1, 0.15) is 29.1 Å². The Kier molecular flexibility index (Phi) is 6.20. The second kappa shape index (κ2) is 8.36. The molecule has 0 saturated heterocycles. The van der Waals surface area contributed by atoms with Gasteiger partial charge in [0, 0.05) is 11.3 Å². The van der Waals surface area contributed by atoms with Crippen molar-refractivity contribution in [2.75, 3.05) is 20.1 Å². The van der Waals surface area contributed by atoms with Crippen LogP contribution in [0.5, 0.6) is 0 Å². The first kappa shape index (κ1) is 18.6. The molecule has 1 heterocycles. The summed E-state index contributed by atoms with van der Waals surface area (Å²) < 4.78 is 0. The van der Waals surface area contributed by atoms with E-state index in [4.69, 9.17) is 5.73 Å². The molecule has 1 amide bonds. The van der Waals surface area contributed by atoms with Crippen LogP contribution in [-0.4, -0.2) is 40.9 Å². The van der Waals surface area contributed by atoms with Gasteiger partial charge in [-0.1, -0.05) is 12.1 Å². The molecule has 0 saturated carbocycles. The second-order valence-electron chi connectivity index (χ2n) is 6.29. The third-order valence-electron chi connectivity index (χ3n) is 4.08. The van der Waals surface area contributed by atoms with Crippen LogP contribution >= 0.6 is 0 Å². The quantitative estimate of drug-likeness (QED) is 0.833. The van der Waals surface area contributed by atoms with E-state index >= 15 is 0 Å². The first-order chi connectivity index (χ1) is 11.9. The van der Waals surface area contributed by atoms with Gasteiger partial charge >= 0.3 is 0 Å². The molecule has 0 aliphatic heterocycles. The van der Waals surface area contributed by atoms with Crippen molar-refractivity contribution >= 4 is 5.91 Å². The maximum atomic E-state index is 10.9. The lowest BCUT2D eigenvalue weighted by Gasteiger charge is -2.14. The zero-order valence-corrected chi connectivity index (χ0v) is 14.9. The molecule has 0 spiro atoms. The van der Waals surface area contributed by atoms with Crippen LogP contribution in [0.4, 0.5) is 0 Å². The lowest BCUT2D eigenvalue weighted by atomic mass is 10.0. The number of nitrogens with two attached hydrogens (primary N) is 1. The van der Waals surface area contributed by atoms with E-state index in [1.807, 2.05) is 30.1 Å². The number of amides is 1. The fraction of sp³-hybridized carbons (Fsp3) is 0.368. The van der Waals surface area contributed by atoms with Crippen LogP contribution in [0.25, 0.3) is 11.3 Å². The highest BCUT2D eigenvalue weighted by Gasteiger charge is 2.09. The van der Waals surface area contributed by atoms with Crippen LogP contribution < -0.4 is 5.73 Å². The Bertz CT molecular complexity index is 810. The summed E-state index contributed by atoms with van der Waals surface area (Å²) in [5, 5.41) is 9.21. The summed E-state index contributed by atoms with van der Waals surface area (Å²) in [5.74, 6) is -0.162. The Balaban J connectivity index is 2.15. The lowest BCUT2D eigenvalue weighted by molar-refractivity contribution is -0.118. The summed E-state index contributed by atoms with van der Waals surface area (Å²) >= 11 is 0. The topological polar surface area (TPSA) is 95.9 Å². The number of nitrogens with zero attached hydrogens (tertiary/aromatic N) is 4. The van der Waals surface area contributed by atoms with E-state index in [2.05, 4.69) is 35.9 Å². The number of carbonyl (C=O) groups is 1. The Morgan fingerprint density at radius 1 is 1.24 bits per heavy atom. The van der Waals surface area contributed by atoms with Crippen LogP contribution in [0.3, 0.4) is 0 Å². The molecule has 1 aromatic heterocycles. The van der Waals surface area contributed by atoms with Gasteiger partial charge in [-0.05, 0) is 63.5 Å². The number of hydrogen-bond acceptors (Lipinski definition) is 5. The van der Waals surface area contributed by atoms with Crippen molar-refractivity contribution in [3.05, 3.63) is 46.9 Å². The summed E-state index contributed by atoms with van der Waals surface area (Å²) in [6.07, 6.45) is 1.52. The van der Waals surface area contributed by atoms with Crippen molar-refractivity contribution < 1.29 is 4.79 Å². The molecule has 2 aromatic rings. The largest absolute Gasteiger partial charge is 0.369 e. The highest BCUT2D eigenvalue weighted by molar-refractivity contribution is 5.75. The smallest absolute Gasteiger partial charge is 0.232 e.